The van der Waals surface area contributed by atoms with Gasteiger partial charge in [-0.3, -0.25) is 4.79 Å². The monoisotopic (exact) mass is 246 g/mol. The minimum absolute atomic E-state index is 0.217. The van der Waals surface area contributed by atoms with Gasteiger partial charge in [0.15, 0.2) is 0 Å². The van der Waals surface area contributed by atoms with Crippen molar-refractivity contribution in [1.29, 1.82) is 0 Å². The van der Waals surface area contributed by atoms with E-state index in [1.165, 1.54) is 0 Å². The summed E-state index contributed by atoms with van der Waals surface area (Å²) in [5.41, 5.74) is 3.77. The number of benzene rings is 1. The van der Waals surface area contributed by atoms with Gasteiger partial charge in [-0.25, -0.2) is 0 Å². The van der Waals surface area contributed by atoms with Crippen molar-refractivity contribution in [3.8, 4) is 11.1 Å². The summed E-state index contributed by atoms with van der Waals surface area (Å²) in [5, 5.41) is 2.85. The number of nitrogens with zero attached hydrogens (tertiary/aromatic N) is 1. The second kappa shape index (κ2) is 4.67. The Labute approximate surface area is 106 Å². The van der Waals surface area contributed by atoms with E-state index >= 15 is 0 Å². The molecule has 0 spiro atoms. The Bertz CT molecular complexity index is 543. The molecule has 1 N–H and O–H groups in total. The Balaban J connectivity index is 2.39. The van der Waals surface area contributed by atoms with Gasteiger partial charge in [0.05, 0.1) is 5.69 Å². The molecular formula is C13H14N2OS. The fraction of sp³-hybridized carbons (Fsp3) is 0.154. The number of nitrogens with one attached hydrogen (secondary N) is 1. The molecule has 17 heavy (non-hydrogen) atoms. The zero-order valence-electron chi connectivity index (χ0n) is 9.77. The number of carbonyl (C=O) groups excluding carboxylic acids is 1. The van der Waals surface area contributed by atoms with Crippen LogP contribution in [0.4, 0.5) is 5.69 Å². The first-order valence-corrected chi connectivity index (χ1v) is 5.74. The van der Waals surface area contributed by atoms with Gasteiger partial charge in [-0.1, -0.05) is 24.8 Å². The van der Waals surface area contributed by atoms with Crippen molar-refractivity contribution in [3.63, 3.8) is 0 Å². The third-order valence-electron chi connectivity index (χ3n) is 2.73. The molecule has 0 radical (unpaired) electrons. The van der Waals surface area contributed by atoms with E-state index in [0.717, 1.165) is 16.8 Å². The van der Waals surface area contributed by atoms with Gasteiger partial charge in [-0.05, 0) is 23.8 Å². The zero-order valence-corrected chi connectivity index (χ0v) is 10.7. The molecule has 0 unspecified atom stereocenters. The third kappa shape index (κ3) is 2.36. The average Bonchev–Trinajstić information content (AvgIpc) is 2.71. The molecule has 0 amide bonds. The van der Waals surface area contributed by atoms with Crippen molar-refractivity contribution < 1.29 is 4.79 Å². The quantitative estimate of drug-likeness (QED) is 0.817. The van der Waals surface area contributed by atoms with Gasteiger partial charge in [-0.15, -0.1) is 0 Å². The minimum Gasteiger partial charge on any atom is -0.388 e. The van der Waals surface area contributed by atoms with Crippen LogP contribution < -0.4 is 5.32 Å². The summed E-state index contributed by atoms with van der Waals surface area (Å²) in [6.07, 6.45) is 1.93. The second-order valence-electron chi connectivity index (χ2n) is 3.86. The summed E-state index contributed by atoms with van der Waals surface area (Å²) < 4.78 is 1.79. The van der Waals surface area contributed by atoms with Gasteiger partial charge in [-0.2, -0.15) is 0 Å². The summed E-state index contributed by atoms with van der Waals surface area (Å²) in [7, 11) is 3.73. The number of hydrogen-bond donors (Lipinski definition) is 2. The number of aryl methyl sites for hydroxylation is 1. The Morgan fingerprint density at radius 1 is 1.24 bits per heavy atom. The molecule has 0 aliphatic carbocycles. The lowest BCUT2D eigenvalue weighted by Crippen LogP contribution is -1.97. The molecule has 88 valence electrons. The molecule has 3 nitrogen and oxygen atoms in total. The van der Waals surface area contributed by atoms with Crippen molar-refractivity contribution in [2.75, 3.05) is 12.4 Å². The van der Waals surface area contributed by atoms with Gasteiger partial charge in [0.1, 0.15) is 0 Å². The van der Waals surface area contributed by atoms with Crippen LogP contribution in [0.25, 0.3) is 11.1 Å². The van der Waals surface area contributed by atoms with Crippen molar-refractivity contribution in [3.05, 3.63) is 42.2 Å². The van der Waals surface area contributed by atoms with Crippen molar-refractivity contribution in [2.45, 2.75) is 0 Å². The van der Waals surface area contributed by atoms with E-state index in [1.54, 1.807) is 4.57 Å². The average molecular weight is 246 g/mol. The lowest BCUT2D eigenvalue weighted by molar-refractivity contribution is 0.108. The van der Waals surface area contributed by atoms with Crippen molar-refractivity contribution in [2.24, 2.45) is 7.05 Å². The molecule has 0 aliphatic rings. The topological polar surface area (TPSA) is 34.0 Å². The largest absolute Gasteiger partial charge is 0.388 e. The third-order valence-corrected chi connectivity index (χ3v) is 2.96. The second-order valence-corrected chi connectivity index (χ2v) is 4.26. The van der Waals surface area contributed by atoms with Crippen molar-refractivity contribution in [1.82, 2.24) is 4.57 Å². The van der Waals surface area contributed by atoms with Gasteiger partial charge in [0, 0.05) is 31.5 Å². The van der Waals surface area contributed by atoms with Gasteiger partial charge in [0.25, 0.3) is 0 Å². The Morgan fingerprint density at radius 2 is 1.88 bits per heavy atom. The maximum atomic E-state index is 11.2. The lowest BCUT2D eigenvalue weighted by Gasteiger charge is -2.01. The Hall–Kier alpha value is -1.68. The van der Waals surface area contributed by atoms with Crippen LogP contribution in [0.5, 0.6) is 0 Å². The first-order valence-electron chi connectivity index (χ1n) is 5.29. The summed E-state index contributed by atoms with van der Waals surface area (Å²) in [6, 6.07) is 9.90. The molecule has 0 bridgehead atoms. The highest BCUT2D eigenvalue weighted by molar-refractivity contribution is 7.97. The van der Waals surface area contributed by atoms with E-state index in [-0.39, 0.29) is 5.12 Å². The standard InChI is InChI=1S/C13H14N2OS/c1-14-11-5-3-9(4-6-11)10-7-12(13(16)17)15(2)8-10/h3-8,14H,1-2H3,(H,16,17). The molecule has 4 heteroatoms. The molecule has 0 fully saturated rings. The molecule has 0 aliphatic heterocycles. The fourth-order valence-corrected chi connectivity index (χ4v) is 1.99. The summed E-state index contributed by atoms with van der Waals surface area (Å²) >= 11 is 3.84. The highest BCUT2D eigenvalue weighted by atomic mass is 32.1. The van der Waals surface area contributed by atoms with Crippen LogP contribution in [-0.4, -0.2) is 16.7 Å². The molecule has 2 rings (SSSR count). The number of rotatable bonds is 3. The molecule has 2 aromatic rings. The van der Waals surface area contributed by atoms with E-state index in [4.69, 9.17) is 0 Å². The zero-order chi connectivity index (χ0) is 12.4. The van der Waals surface area contributed by atoms with Gasteiger partial charge < -0.3 is 9.88 Å². The number of thiol groups is 1. The first-order chi connectivity index (χ1) is 8.11. The molecule has 1 aromatic carbocycles. The molecule has 0 atom stereocenters. The van der Waals surface area contributed by atoms with Crippen LogP contribution in [0.2, 0.25) is 0 Å². The van der Waals surface area contributed by atoms with Gasteiger partial charge in [0.2, 0.25) is 5.12 Å². The van der Waals surface area contributed by atoms with E-state index in [0.29, 0.717) is 5.69 Å². The minimum atomic E-state index is -0.217. The number of hydrogen-bond acceptors (Lipinski definition) is 2. The first kappa shape index (κ1) is 11.8. The number of carbonyl (C=O) groups is 1. The highest BCUT2D eigenvalue weighted by Crippen LogP contribution is 2.23. The van der Waals surface area contributed by atoms with Crippen LogP contribution in [0.1, 0.15) is 10.5 Å². The predicted octanol–water partition coefficient (Wildman–Crippen LogP) is 2.80. The summed E-state index contributed by atoms with van der Waals surface area (Å²) in [5.74, 6) is 0. The SMILES string of the molecule is CNc1ccc(-c2cc(C(=O)S)n(C)c2)cc1. The molecule has 0 saturated carbocycles. The van der Waals surface area contributed by atoms with E-state index in [9.17, 15) is 4.79 Å². The van der Waals surface area contributed by atoms with E-state index in [1.807, 2.05) is 50.6 Å². The molecule has 1 aromatic heterocycles. The van der Waals surface area contributed by atoms with Crippen LogP contribution in [0.3, 0.4) is 0 Å². The molecule has 0 saturated heterocycles. The highest BCUT2D eigenvalue weighted by Gasteiger charge is 2.09. The number of anilines is 1. The normalized spacial score (nSPS) is 10.3. The molecular weight excluding hydrogens is 232 g/mol. The smallest absolute Gasteiger partial charge is 0.232 e. The lowest BCUT2D eigenvalue weighted by atomic mass is 10.1. The number of aromatic nitrogens is 1. The predicted molar refractivity (Wildman–Crippen MR) is 73.7 cm³/mol. The van der Waals surface area contributed by atoms with Crippen LogP contribution >= 0.6 is 12.6 Å². The van der Waals surface area contributed by atoms with Crippen molar-refractivity contribution >= 4 is 23.4 Å². The molecule has 1 heterocycles. The van der Waals surface area contributed by atoms with Crippen LogP contribution in [0, 0.1) is 0 Å². The van der Waals surface area contributed by atoms with Crippen LogP contribution in [0.15, 0.2) is 36.5 Å². The maximum absolute atomic E-state index is 11.2. The summed E-state index contributed by atoms with van der Waals surface area (Å²) in [6.45, 7) is 0. The van der Waals surface area contributed by atoms with Crippen LogP contribution in [-0.2, 0) is 7.05 Å². The van der Waals surface area contributed by atoms with Gasteiger partial charge >= 0.3 is 0 Å². The Kier molecular flexibility index (Phi) is 3.24. The van der Waals surface area contributed by atoms with E-state index < -0.39 is 0 Å². The van der Waals surface area contributed by atoms with E-state index in [2.05, 4.69) is 17.9 Å². The summed E-state index contributed by atoms with van der Waals surface area (Å²) in [4.78, 5) is 11.2. The maximum Gasteiger partial charge on any atom is 0.232 e. The Morgan fingerprint density at radius 3 is 2.35 bits per heavy atom. The fourth-order valence-electron chi connectivity index (χ4n) is 1.76.